The molecule has 0 aliphatic rings. The van der Waals surface area contributed by atoms with Crippen LogP contribution in [-0.4, -0.2) is 24.9 Å². The number of anilines is 1. The van der Waals surface area contributed by atoms with Crippen molar-refractivity contribution in [3.05, 3.63) is 60.7 Å². The lowest BCUT2D eigenvalue weighted by atomic mass is 10.1. The zero-order chi connectivity index (χ0) is 20.4. The standard InChI is InChI=1S/C22H28N2O3S/c1-5-14-27-19-11-9-18(10-12-19)24-22(28)23-16(4)17-8-13-20(25-6-2)21(15-17)26-7-3/h5,8-13,15-16H,1,6-7,14H2,2-4H3,(H2,23,24,28)/t16-/m0/s1. The van der Waals surface area contributed by atoms with Crippen LogP contribution in [0, 0.1) is 0 Å². The van der Waals surface area contributed by atoms with Gasteiger partial charge in [-0.3, -0.25) is 0 Å². The van der Waals surface area contributed by atoms with Crippen molar-refractivity contribution in [2.45, 2.75) is 26.8 Å². The number of thiocarbonyl (C=S) groups is 1. The molecule has 0 fully saturated rings. The highest BCUT2D eigenvalue weighted by atomic mass is 32.1. The highest BCUT2D eigenvalue weighted by molar-refractivity contribution is 7.80. The van der Waals surface area contributed by atoms with E-state index < -0.39 is 0 Å². The molecule has 0 saturated carbocycles. The van der Waals surface area contributed by atoms with E-state index in [-0.39, 0.29) is 6.04 Å². The van der Waals surface area contributed by atoms with Crippen molar-refractivity contribution in [1.29, 1.82) is 0 Å². The van der Waals surface area contributed by atoms with Gasteiger partial charge < -0.3 is 24.8 Å². The van der Waals surface area contributed by atoms with Gasteiger partial charge in [0.15, 0.2) is 16.6 Å². The molecule has 0 aliphatic carbocycles. The molecule has 0 heterocycles. The molecule has 5 nitrogen and oxygen atoms in total. The Labute approximate surface area is 172 Å². The number of ether oxygens (including phenoxy) is 3. The molecule has 0 amide bonds. The van der Waals surface area contributed by atoms with E-state index in [0.717, 1.165) is 28.5 Å². The van der Waals surface area contributed by atoms with Crippen LogP contribution < -0.4 is 24.8 Å². The van der Waals surface area contributed by atoms with Crippen LogP contribution in [-0.2, 0) is 0 Å². The quantitative estimate of drug-likeness (QED) is 0.428. The molecular formula is C22H28N2O3S. The summed E-state index contributed by atoms with van der Waals surface area (Å²) >= 11 is 5.44. The van der Waals surface area contributed by atoms with Crippen LogP contribution >= 0.6 is 12.2 Å². The van der Waals surface area contributed by atoms with E-state index in [2.05, 4.69) is 17.2 Å². The fourth-order valence-electron chi connectivity index (χ4n) is 2.57. The molecule has 6 heteroatoms. The summed E-state index contributed by atoms with van der Waals surface area (Å²) in [6, 6.07) is 13.5. The van der Waals surface area contributed by atoms with Gasteiger partial charge in [0.2, 0.25) is 0 Å². The smallest absolute Gasteiger partial charge is 0.171 e. The van der Waals surface area contributed by atoms with E-state index in [1.165, 1.54) is 0 Å². The van der Waals surface area contributed by atoms with Gasteiger partial charge >= 0.3 is 0 Å². The Morgan fingerprint density at radius 2 is 1.71 bits per heavy atom. The number of benzene rings is 2. The summed E-state index contributed by atoms with van der Waals surface area (Å²) in [5, 5.41) is 7.02. The van der Waals surface area contributed by atoms with E-state index in [9.17, 15) is 0 Å². The molecule has 28 heavy (non-hydrogen) atoms. The Balaban J connectivity index is 1.97. The Kier molecular flexibility index (Phi) is 8.62. The molecule has 2 rings (SSSR count). The maximum atomic E-state index is 5.70. The van der Waals surface area contributed by atoms with Crippen molar-refractivity contribution in [3.8, 4) is 17.2 Å². The second kappa shape index (κ2) is 11.2. The molecule has 0 spiro atoms. The number of hydrogen-bond acceptors (Lipinski definition) is 4. The van der Waals surface area contributed by atoms with E-state index >= 15 is 0 Å². The van der Waals surface area contributed by atoms with Crippen LogP contribution in [0.4, 0.5) is 5.69 Å². The summed E-state index contributed by atoms with van der Waals surface area (Å²) in [5.41, 5.74) is 1.95. The van der Waals surface area contributed by atoms with E-state index in [0.29, 0.717) is 24.9 Å². The first kappa shape index (κ1) is 21.6. The molecule has 0 aliphatic heterocycles. The Bertz CT molecular complexity index is 778. The van der Waals surface area contributed by atoms with Gasteiger partial charge in [0.25, 0.3) is 0 Å². The summed E-state index contributed by atoms with van der Waals surface area (Å²) in [6.07, 6.45) is 1.71. The second-order valence-electron chi connectivity index (χ2n) is 6.02. The topological polar surface area (TPSA) is 51.8 Å². The molecule has 0 aromatic heterocycles. The molecule has 150 valence electrons. The summed E-state index contributed by atoms with van der Waals surface area (Å²) in [4.78, 5) is 0. The average molecular weight is 401 g/mol. The highest BCUT2D eigenvalue weighted by Gasteiger charge is 2.12. The molecule has 2 N–H and O–H groups in total. The van der Waals surface area contributed by atoms with Crippen molar-refractivity contribution in [2.24, 2.45) is 0 Å². The van der Waals surface area contributed by atoms with Crippen molar-refractivity contribution in [1.82, 2.24) is 5.32 Å². The lowest BCUT2D eigenvalue weighted by Crippen LogP contribution is -2.30. The number of rotatable bonds is 10. The third-order valence-corrected chi connectivity index (χ3v) is 4.11. The highest BCUT2D eigenvalue weighted by Crippen LogP contribution is 2.30. The largest absolute Gasteiger partial charge is 0.490 e. The van der Waals surface area contributed by atoms with Crippen molar-refractivity contribution in [2.75, 3.05) is 25.1 Å². The molecule has 0 bridgehead atoms. The van der Waals surface area contributed by atoms with Crippen LogP contribution in [0.25, 0.3) is 0 Å². The molecule has 2 aromatic rings. The predicted molar refractivity (Wildman–Crippen MR) is 119 cm³/mol. The van der Waals surface area contributed by atoms with Crippen LogP contribution in [0.5, 0.6) is 17.2 Å². The first-order valence-corrected chi connectivity index (χ1v) is 9.79. The number of nitrogens with one attached hydrogen (secondary N) is 2. The average Bonchev–Trinajstić information content (AvgIpc) is 2.69. The molecule has 1 atom stereocenters. The summed E-state index contributed by atoms with van der Waals surface area (Å²) in [7, 11) is 0. The van der Waals surface area contributed by atoms with Gasteiger partial charge in [0.05, 0.1) is 19.3 Å². The van der Waals surface area contributed by atoms with Gasteiger partial charge in [-0.05, 0) is 75.0 Å². The van der Waals surface area contributed by atoms with E-state index in [1.807, 2.05) is 63.2 Å². The monoisotopic (exact) mass is 400 g/mol. The molecule has 0 radical (unpaired) electrons. The van der Waals surface area contributed by atoms with Gasteiger partial charge in [-0.15, -0.1) is 0 Å². The molecule has 2 aromatic carbocycles. The van der Waals surface area contributed by atoms with Crippen LogP contribution in [0.3, 0.4) is 0 Å². The molecule has 0 saturated heterocycles. The lowest BCUT2D eigenvalue weighted by molar-refractivity contribution is 0.287. The zero-order valence-electron chi connectivity index (χ0n) is 16.7. The Morgan fingerprint density at radius 3 is 2.36 bits per heavy atom. The third-order valence-electron chi connectivity index (χ3n) is 3.90. The van der Waals surface area contributed by atoms with Crippen LogP contribution in [0.15, 0.2) is 55.1 Å². The predicted octanol–water partition coefficient (Wildman–Crippen LogP) is 5.10. The van der Waals surface area contributed by atoms with E-state index in [4.69, 9.17) is 26.4 Å². The first-order chi connectivity index (χ1) is 13.6. The minimum atomic E-state index is 0.00470. The van der Waals surface area contributed by atoms with Gasteiger partial charge in [-0.2, -0.15) is 0 Å². The normalized spacial score (nSPS) is 11.2. The SMILES string of the molecule is C=CCOc1ccc(NC(=S)N[C@@H](C)c2ccc(OCC)c(OCC)c2)cc1. The van der Waals surface area contributed by atoms with E-state index in [1.54, 1.807) is 6.08 Å². The second-order valence-corrected chi connectivity index (χ2v) is 6.42. The molecule has 0 unspecified atom stereocenters. The zero-order valence-corrected chi connectivity index (χ0v) is 17.5. The maximum Gasteiger partial charge on any atom is 0.171 e. The van der Waals surface area contributed by atoms with Gasteiger partial charge in [-0.1, -0.05) is 18.7 Å². The maximum absolute atomic E-state index is 5.70. The summed E-state index contributed by atoms with van der Waals surface area (Å²) in [5.74, 6) is 2.28. The fraction of sp³-hybridized carbons (Fsp3) is 0.318. The lowest BCUT2D eigenvalue weighted by Gasteiger charge is -2.19. The van der Waals surface area contributed by atoms with Crippen molar-refractivity contribution >= 4 is 23.0 Å². The third kappa shape index (κ3) is 6.46. The molecular weight excluding hydrogens is 372 g/mol. The van der Waals surface area contributed by atoms with Gasteiger partial charge in [0, 0.05) is 5.69 Å². The first-order valence-electron chi connectivity index (χ1n) is 9.38. The Morgan fingerprint density at radius 1 is 1.04 bits per heavy atom. The number of hydrogen-bond donors (Lipinski definition) is 2. The summed E-state index contributed by atoms with van der Waals surface area (Å²) < 4.78 is 16.8. The minimum absolute atomic E-state index is 0.00470. The van der Waals surface area contributed by atoms with Gasteiger partial charge in [0.1, 0.15) is 12.4 Å². The van der Waals surface area contributed by atoms with Gasteiger partial charge in [-0.25, -0.2) is 0 Å². The Hall–Kier alpha value is -2.73. The van der Waals surface area contributed by atoms with Crippen molar-refractivity contribution in [3.63, 3.8) is 0 Å². The summed E-state index contributed by atoms with van der Waals surface area (Å²) in [6.45, 7) is 11.3. The van der Waals surface area contributed by atoms with Crippen LogP contribution in [0.1, 0.15) is 32.4 Å². The van der Waals surface area contributed by atoms with Crippen molar-refractivity contribution < 1.29 is 14.2 Å². The minimum Gasteiger partial charge on any atom is -0.490 e. The fourth-order valence-corrected chi connectivity index (χ4v) is 2.87. The van der Waals surface area contributed by atoms with Crippen LogP contribution in [0.2, 0.25) is 0 Å².